The van der Waals surface area contributed by atoms with Gasteiger partial charge in [-0.15, -0.1) is 11.3 Å². The lowest BCUT2D eigenvalue weighted by Gasteiger charge is -2.36. The van der Waals surface area contributed by atoms with Crippen molar-refractivity contribution < 1.29 is 19.7 Å². The van der Waals surface area contributed by atoms with Gasteiger partial charge in [0.25, 0.3) is 0 Å². The maximum Gasteiger partial charge on any atom is 0.321 e. The molecule has 0 amide bonds. The van der Waals surface area contributed by atoms with Crippen LogP contribution in [0, 0.1) is 0 Å². The van der Waals surface area contributed by atoms with Crippen LogP contribution < -0.4 is 10.9 Å². The number of aromatic amines is 1. The predicted octanol–water partition coefficient (Wildman–Crippen LogP) is 7.08. The normalized spacial score (nSPS) is 18.1. The number of benzene rings is 3. The molecule has 11 heteroatoms. The third kappa shape index (κ3) is 8.40. The number of H-pyrrole nitrogens is 1. The third-order valence-electron chi connectivity index (χ3n) is 11.4. The van der Waals surface area contributed by atoms with E-state index in [0.717, 1.165) is 66.5 Å². The minimum atomic E-state index is -0.836. The summed E-state index contributed by atoms with van der Waals surface area (Å²) in [5, 5.41) is 33.3. The zero-order chi connectivity index (χ0) is 38.7. The molecule has 6 aromatic rings. The van der Waals surface area contributed by atoms with E-state index in [4.69, 9.17) is 9.84 Å². The summed E-state index contributed by atoms with van der Waals surface area (Å²) in [6.45, 7) is 8.14. The first-order chi connectivity index (χ1) is 26.4. The monoisotopic (exact) mass is 761 g/mol. The Morgan fingerprint density at radius 2 is 1.82 bits per heavy atom. The van der Waals surface area contributed by atoms with E-state index >= 15 is 0 Å². The number of fused-ring (bicyclic) bond motifs is 2. The molecule has 3 aromatic carbocycles. The van der Waals surface area contributed by atoms with Crippen molar-refractivity contribution in [2.75, 3.05) is 20.1 Å². The van der Waals surface area contributed by atoms with Gasteiger partial charge in [0.05, 0.1) is 29.9 Å². The largest absolute Gasteiger partial charge is 0.506 e. The molecule has 55 heavy (non-hydrogen) atoms. The van der Waals surface area contributed by atoms with Crippen molar-refractivity contribution in [3.8, 4) is 5.75 Å². The molecule has 1 fully saturated rings. The number of phenols is 1. The van der Waals surface area contributed by atoms with Crippen LogP contribution in [0.5, 0.6) is 5.75 Å². The van der Waals surface area contributed by atoms with Crippen LogP contribution in [0.1, 0.15) is 74.1 Å². The molecule has 0 aliphatic heterocycles. The second-order valence-electron chi connectivity index (χ2n) is 15.8. The molecule has 0 bridgehead atoms. The predicted molar refractivity (Wildman–Crippen MR) is 219 cm³/mol. The lowest BCUT2D eigenvalue weighted by molar-refractivity contribution is -0.155. The van der Waals surface area contributed by atoms with Crippen molar-refractivity contribution in [2.45, 2.75) is 88.6 Å². The highest BCUT2D eigenvalue weighted by molar-refractivity contribution is 7.10. The van der Waals surface area contributed by atoms with Crippen molar-refractivity contribution in [1.29, 1.82) is 0 Å². The molecule has 0 spiro atoms. The van der Waals surface area contributed by atoms with Gasteiger partial charge in [0.1, 0.15) is 17.3 Å². The third-order valence-corrected chi connectivity index (χ3v) is 12.5. The van der Waals surface area contributed by atoms with Gasteiger partial charge in [-0.2, -0.15) is 5.10 Å². The van der Waals surface area contributed by atoms with E-state index in [1.165, 1.54) is 17.7 Å². The first-order valence-corrected chi connectivity index (χ1v) is 20.0. The number of carbonyl (C=O) groups excluding carboxylic acids is 1. The highest BCUT2D eigenvalue weighted by Gasteiger charge is 2.41. The number of phenolic OH excluding ortho intramolecular Hbond substituents is 1. The molecule has 0 saturated heterocycles. The van der Waals surface area contributed by atoms with E-state index in [2.05, 4.69) is 59.0 Å². The number of hydrogen-bond acceptors (Lipinski definition) is 9. The van der Waals surface area contributed by atoms with Gasteiger partial charge in [0.15, 0.2) is 0 Å². The standard InChI is InChI=1S/C44H51N5O5S/c1-43(2,45-28-38(51)34-17-20-37(50)41-35(34)18-21-40(52)47-41)26-29-12-19-36-30(25-29)27-46-49(36)23-22-48(4)32-13-15-33(16-14-32)54-42(53)44(3,39-11-8-24-55-39)31-9-6-5-7-10-31/h5-12,17-21,24-25,27,32-33,38,45,50-51H,13-16,22-23,26,28H2,1-4H3,(H,47,52)/t32?,33?,38-,44?/m1/s1. The van der Waals surface area contributed by atoms with Crippen LogP contribution in [-0.4, -0.2) is 73.7 Å². The average Bonchev–Trinajstić information content (AvgIpc) is 3.88. The molecule has 4 N–H and O–H groups in total. The Hall–Kier alpha value is -4.81. The number of likely N-dealkylation sites (N-methyl/N-ethyl adjacent to an activating group) is 1. The molecule has 7 rings (SSSR count). The SMILES string of the molecule is CN(CCn1ncc2cc(CC(C)(C)NC[C@@H](O)c3ccc(O)c4[nH]c(=O)ccc34)ccc21)C1CCC(OC(=O)C(C)(c2ccccc2)c2cccs2)CC1. The molecule has 10 nitrogen and oxygen atoms in total. The zero-order valence-electron chi connectivity index (χ0n) is 32.0. The summed E-state index contributed by atoms with van der Waals surface area (Å²) in [7, 11) is 2.18. The number of nitrogens with one attached hydrogen (secondary N) is 2. The highest BCUT2D eigenvalue weighted by atomic mass is 32.1. The molecule has 1 aliphatic rings. The number of β-amino-alcohol motifs (C(OH)–C–C–N with tert-alkyl or cyclic N) is 1. The minimum absolute atomic E-state index is 0.0286. The minimum Gasteiger partial charge on any atom is -0.506 e. The lowest BCUT2D eigenvalue weighted by Crippen LogP contribution is -2.43. The number of aliphatic hydroxyl groups excluding tert-OH is 1. The molecule has 1 unspecified atom stereocenters. The number of nitrogens with zero attached hydrogens (tertiary/aromatic N) is 3. The zero-order valence-corrected chi connectivity index (χ0v) is 32.8. The summed E-state index contributed by atoms with van der Waals surface area (Å²) < 4.78 is 8.31. The Morgan fingerprint density at radius 3 is 2.56 bits per heavy atom. The van der Waals surface area contributed by atoms with Gasteiger partial charge in [-0.05, 0) is 112 Å². The average molecular weight is 762 g/mol. The number of aromatic hydroxyl groups is 1. The van der Waals surface area contributed by atoms with Crippen LogP contribution in [0.25, 0.3) is 21.8 Å². The molecule has 0 radical (unpaired) electrons. The Labute approximate surface area is 325 Å². The Kier molecular flexibility index (Phi) is 11.3. The Bertz CT molecular complexity index is 2290. The fraction of sp³-hybridized carbons (Fsp3) is 0.386. The topological polar surface area (TPSA) is 133 Å². The number of pyridine rings is 1. The summed E-state index contributed by atoms with van der Waals surface area (Å²) in [5.74, 6) is -0.204. The smallest absolute Gasteiger partial charge is 0.321 e. The maximum atomic E-state index is 13.8. The van der Waals surface area contributed by atoms with Crippen LogP contribution in [0.15, 0.2) is 101 Å². The number of thiophene rings is 1. The first kappa shape index (κ1) is 38.5. The number of rotatable bonds is 14. The van der Waals surface area contributed by atoms with Gasteiger partial charge in [-0.25, -0.2) is 0 Å². The fourth-order valence-electron chi connectivity index (χ4n) is 8.03. The van der Waals surface area contributed by atoms with E-state index in [1.807, 2.05) is 61.0 Å². The van der Waals surface area contributed by atoms with Crippen molar-refractivity contribution in [2.24, 2.45) is 0 Å². The second kappa shape index (κ2) is 16.1. The summed E-state index contributed by atoms with van der Waals surface area (Å²) >= 11 is 1.59. The van der Waals surface area contributed by atoms with Crippen molar-refractivity contribution in [3.05, 3.63) is 128 Å². The van der Waals surface area contributed by atoms with Crippen molar-refractivity contribution in [1.82, 2.24) is 25.0 Å². The van der Waals surface area contributed by atoms with E-state index in [-0.39, 0.29) is 28.9 Å². The van der Waals surface area contributed by atoms with Crippen LogP contribution in [0.3, 0.4) is 0 Å². The molecular formula is C44H51N5O5S. The number of ether oxygens (including phenoxy) is 1. The summed E-state index contributed by atoms with van der Waals surface area (Å²) in [4.78, 5) is 31.6. The molecule has 288 valence electrons. The van der Waals surface area contributed by atoms with E-state index in [0.29, 0.717) is 29.1 Å². The second-order valence-corrected chi connectivity index (χ2v) is 16.7. The quantitative estimate of drug-likeness (QED) is 0.0867. The first-order valence-electron chi connectivity index (χ1n) is 19.1. The lowest BCUT2D eigenvalue weighted by atomic mass is 9.81. The van der Waals surface area contributed by atoms with Crippen LogP contribution >= 0.6 is 11.3 Å². The van der Waals surface area contributed by atoms with Crippen LogP contribution in [-0.2, 0) is 27.9 Å². The number of carbonyl (C=O) groups is 1. The molecule has 1 aliphatic carbocycles. The van der Waals surface area contributed by atoms with Gasteiger partial charge in [0, 0.05) is 46.4 Å². The van der Waals surface area contributed by atoms with E-state index in [1.54, 1.807) is 23.5 Å². The Balaban J connectivity index is 0.900. The Morgan fingerprint density at radius 1 is 1.04 bits per heavy atom. The van der Waals surface area contributed by atoms with Gasteiger partial charge in [-0.3, -0.25) is 14.3 Å². The van der Waals surface area contributed by atoms with Gasteiger partial charge >= 0.3 is 5.97 Å². The number of aliphatic hydroxyl groups is 1. The van der Waals surface area contributed by atoms with E-state index < -0.39 is 11.5 Å². The summed E-state index contributed by atoms with van der Waals surface area (Å²) in [6.07, 6.45) is 5.41. The summed E-state index contributed by atoms with van der Waals surface area (Å²) in [6, 6.07) is 27.1. The fourth-order valence-corrected chi connectivity index (χ4v) is 8.93. The molecular weight excluding hydrogens is 711 g/mol. The molecule has 1 saturated carbocycles. The highest BCUT2D eigenvalue weighted by Crippen LogP contribution is 2.38. The van der Waals surface area contributed by atoms with Crippen LogP contribution in [0.4, 0.5) is 0 Å². The molecule has 2 atom stereocenters. The van der Waals surface area contributed by atoms with Gasteiger partial charge in [0.2, 0.25) is 5.56 Å². The van der Waals surface area contributed by atoms with Crippen molar-refractivity contribution >= 4 is 39.1 Å². The maximum absolute atomic E-state index is 13.8. The van der Waals surface area contributed by atoms with Gasteiger partial charge < -0.3 is 30.2 Å². The number of aromatic nitrogens is 3. The van der Waals surface area contributed by atoms with Gasteiger partial charge in [-0.1, -0.05) is 48.5 Å². The summed E-state index contributed by atoms with van der Waals surface area (Å²) in [5.41, 5.74) is 2.71. The van der Waals surface area contributed by atoms with Crippen LogP contribution in [0.2, 0.25) is 0 Å². The number of esters is 1. The molecule has 3 heterocycles. The van der Waals surface area contributed by atoms with E-state index in [9.17, 15) is 19.8 Å². The molecule has 3 aromatic heterocycles. The number of hydrogen-bond donors (Lipinski definition) is 4. The van der Waals surface area contributed by atoms with Crippen molar-refractivity contribution in [3.63, 3.8) is 0 Å².